The third-order valence-corrected chi connectivity index (χ3v) is 5.22. The molecule has 0 aromatic heterocycles. The second kappa shape index (κ2) is 8.34. The molecular formula is C20H22ClFN2O. The first-order valence-electron chi connectivity index (χ1n) is 8.63. The van der Waals surface area contributed by atoms with Crippen LogP contribution in [-0.2, 0) is 0 Å². The smallest absolute Gasteiger partial charge is 0.146 e. The summed E-state index contributed by atoms with van der Waals surface area (Å²) in [6.45, 7) is 0. The lowest BCUT2D eigenvalue weighted by molar-refractivity contribution is 0.306. The monoisotopic (exact) mass is 360 g/mol. The summed E-state index contributed by atoms with van der Waals surface area (Å²) in [5.41, 5.74) is 2.04. The molecule has 0 saturated heterocycles. The lowest BCUT2D eigenvalue weighted by Gasteiger charge is -2.29. The topological polar surface area (TPSA) is 44.6 Å². The quantitative estimate of drug-likeness (QED) is 0.302. The Morgan fingerprint density at radius 2 is 1.84 bits per heavy atom. The molecule has 0 heterocycles. The minimum absolute atomic E-state index is 0.0469. The highest BCUT2D eigenvalue weighted by molar-refractivity contribution is 6.31. The molecule has 1 aliphatic rings. The molecule has 0 amide bonds. The molecule has 2 aromatic carbocycles. The van der Waals surface area contributed by atoms with Crippen LogP contribution in [0.15, 0.2) is 53.7 Å². The van der Waals surface area contributed by atoms with Gasteiger partial charge in [0.2, 0.25) is 0 Å². The molecule has 0 bridgehead atoms. The molecule has 1 saturated carbocycles. The zero-order chi connectivity index (χ0) is 17.6. The number of benzene rings is 2. The number of anilines is 1. The van der Waals surface area contributed by atoms with Gasteiger partial charge in [-0.25, -0.2) is 4.39 Å². The minimum Gasteiger partial charge on any atom is -0.409 e. The molecule has 132 valence electrons. The minimum atomic E-state index is -0.464. The highest BCUT2D eigenvalue weighted by Gasteiger charge is 2.23. The maximum Gasteiger partial charge on any atom is 0.146 e. The van der Waals surface area contributed by atoms with E-state index < -0.39 is 5.82 Å². The van der Waals surface area contributed by atoms with Gasteiger partial charge in [0.1, 0.15) is 11.7 Å². The third-order valence-electron chi connectivity index (χ3n) is 4.93. The second-order valence-corrected chi connectivity index (χ2v) is 7.04. The fourth-order valence-corrected chi connectivity index (χ4v) is 3.74. The van der Waals surface area contributed by atoms with Gasteiger partial charge in [-0.15, -0.1) is 0 Å². The van der Waals surface area contributed by atoms with Gasteiger partial charge in [0.05, 0.1) is 5.02 Å². The molecule has 3 rings (SSSR count). The number of halogens is 2. The van der Waals surface area contributed by atoms with Crippen molar-refractivity contribution in [2.24, 2.45) is 11.1 Å². The Hall–Kier alpha value is -2.07. The fraction of sp³-hybridized carbons (Fsp3) is 0.350. The summed E-state index contributed by atoms with van der Waals surface area (Å²) >= 11 is 5.79. The first-order chi connectivity index (χ1) is 12.2. The Bertz CT molecular complexity index is 728. The van der Waals surface area contributed by atoms with Crippen LogP contribution in [0.5, 0.6) is 0 Å². The van der Waals surface area contributed by atoms with Crippen LogP contribution in [0.2, 0.25) is 5.02 Å². The van der Waals surface area contributed by atoms with Gasteiger partial charge in [0, 0.05) is 12.1 Å². The van der Waals surface area contributed by atoms with E-state index in [0.717, 1.165) is 25.7 Å². The van der Waals surface area contributed by atoms with Gasteiger partial charge >= 0.3 is 0 Å². The van der Waals surface area contributed by atoms with E-state index in [1.54, 1.807) is 6.07 Å². The second-order valence-electron chi connectivity index (χ2n) is 6.63. The molecule has 5 heteroatoms. The number of hydrogen-bond donors (Lipinski definition) is 2. The van der Waals surface area contributed by atoms with Crippen LogP contribution in [-0.4, -0.2) is 11.0 Å². The van der Waals surface area contributed by atoms with Crippen LogP contribution in [0.3, 0.4) is 0 Å². The molecule has 25 heavy (non-hydrogen) atoms. The van der Waals surface area contributed by atoms with E-state index in [1.165, 1.54) is 17.7 Å². The maximum absolute atomic E-state index is 13.2. The standard InChI is InChI=1S/C20H22ClFN2O/c21-18-13-17(10-11-19(18)22)23-20(24-25)12-14-6-8-16(9-7-14)15-4-2-1-3-5-15/h1-5,10-11,13-14,16,25H,6-9,12H2,(H,23,24)/t14-,16+. The number of amidine groups is 1. The lowest BCUT2D eigenvalue weighted by atomic mass is 9.77. The van der Waals surface area contributed by atoms with Gasteiger partial charge in [0.15, 0.2) is 0 Å². The van der Waals surface area contributed by atoms with Crippen LogP contribution in [0.1, 0.15) is 43.6 Å². The Balaban J connectivity index is 1.54. The molecule has 1 fully saturated rings. The average molecular weight is 361 g/mol. The van der Waals surface area contributed by atoms with Crippen LogP contribution in [0.25, 0.3) is 0 Å². The van der Waals surface area contributed by atoms with Gasteiger partial charge in [-0.05, 0) is 61.3 Å². The van der Waals surface area contributed by atoms with Crippen molar-refractivity contribution >= 4 is 23.1 Å². The predicted molar refractivity (Wildman–Crippen MR) is 100 cm³/mol. The summed E-state index contributed by atoms with van der Waals surface area (Å²) < 4.78 is 13.2. The zero-order valence-electron chi connectivity index (χ0n) is 14.0. The van der Waals surface area contributed by atoms with Crippen LogP contribution < -0.4 is 5.32 Å². The fourth-order valence-electron chi connectivity index (χ4n) is 3.56. The highest BCUT2D eigenvalue weighted by atomic mass is 35.5. The van der Waals surface area contributed by atoms with Crippen molar-refractivity contribution in [2.75, 3.05) is 5.32 Å². The molecule has 3 nitrogen and oxygen atoms in total. The third kappa shape index (κ3) is 4.73. The predicted octanol–water partition coefficient (Wildman–Crippen LogP) is 6.04. The number of hydrogen-bond acceptors (Lipinski definition) is 2. The van der Waals surface area contributed by atoms with Crippen molar-refractivity contribution in [1.82, 2.24) is 0 Å². The average Bonchev–Trinajstić information content (AvgIpc) is 2.65. The van der Waals surface area contributed by atoms with Gasteiger partial charge in [-0.2, -0.15) is 0 Å². The summed E-state index contributed by atoms with van der Waals surface area (Å²) in [4.78, 5) is 0. The van der Waals surface area contributed by atoms with Crippen molar-refractivity contribution in [2.45, 2.75) is 38.0 Å². The Labute approximate surface area is 152 Å². The molecular weight excluding hydrogens is 339 g/mol. The van der Waals surface area contributed by atoms with Crippen LogP contribution in [0, 0.1) is 11.7 Å². The van der Waals surface area contributed by atoms with Crippen LogP contribution >= 0.6 is 11.6 Å². The summed E-state index contributed by atoms with van der Waals surface area (Å²) in [5, 5.41) is 15.7. The number of oxime groups is 1. The van der Waals surface area contributed by atoms with E-state index in [4.69, 9.17) is 11.6 Å². The number of nitrogens with zero attached hydrogens (tertiary/aromatic N) is 1. The number of rotatable bonds is 4. The van der Waals surface area contributed by atoms with Crippen molar-refractivity contribution < 1.29 is 9.60 Å². The van der Waals surface area contributed by atoms with E-state index >= 15 is 0 Å². The summed E-state index contributed by atoms with van der Waals surface area (Å²) in [6.07, 6.45) is 5.17. The van der Waals surface area contributed by atoms with Crippen molar-refractivity contribution in [1.29, 1.82) is 0 Å². The van der Waals surface area contributed by atoms with Gasteiger partial charge < -0.3 is 10.5 Å². The van der Waals surface area contributed by atoms with Crippen molar-refractivity contribution in [3.05, 3.63) is 64.9 Å². The molecule has 1 aliphatic carbocycles. The van der Waals surface area contributed by atoms with Crippen molar-refractivity contribution in [3.8, 4) is 0 Å². The summed E-state index contributed by atoms with van der Waals surface area (Å²) in [5.74, 6) is 1.13. The van der Waals surface area contributed by atoms with Gasteiger partial charge in [0.25, 0.3) is 0 Å². The Morgan fingerprint density at radius 3 is 2.48 bits per heavy atom. The van der Waals surface area contributed by atoms with E-state index in [2.05, 4.69) is 34.7 Å². The Kier molecular flexibility index (Phi) is 5.92. The summed E-state index contributed by atoms with van der Waals surface area (Å²) in [6, 6.07) is 15.0. The lowest BCUT2D eigenvalue weighted by Crippen LogP contribution is -2.21. The molecule has 2 aromatic rings. The SMILES string of the molecule is O/N=C(/C[C@H]1CC[C@@H](c2ccccc2)CC1)Nc1ccc(F)c(Cl)c1. The molecule has 0 spiro atoms. The highest BCUT2D eigenvalue weighted by Crippen LogP contribution is 2.37. The number of nitrogens with one attached hydrogen (secondary N) is 1. The molecule has 0 radical (unpaired) electrons. The van der Waals surface area contributed by atoms with Gasteiger partial charge in [-0.3, -0.25) is 0 Å². The van der Waals surface area contributed by atoms with E-state index in [0.29, 0.717) is 29.8 Å². The normalized spacial score (nSPS) is 21.1. The zero-order valence-corrected chi connectivity index (χ0v) is 14.7. The van der Waals surface area contributed by atoms with Crippen LogP contribution in [0.4, 0.5) is 10.1 Å². The largest absolute Gasteiger partial charge is 0.409 e. The summed E-state index contributed by atoms with van der Waals surface area (Å²) in [7, 11) is 0. The van der Waals surface area contributed by atoms with Crippen molar-refractivity contribution in [3.63, 3.8) is 0 Å². The first kappa shape index (κ1) is 17.7. The van der Waals surface area contributed by atoms with E-state index in [-0.39, 0.29) is 5.02 Å². The molecule has 0 atom stereocenters. The first-order valence-corrected chi connectivity index (χ1v) is 9.01. The molecule has 0 unspecified atom stereocenters. The van der Waals surface area contributed by atoms with E-state index in [1.807, 2.05) is 6.07 Å². The molecule has 0 aliphatic heterocycles. The van der Waals surface area contributed by atoms with E-state index in [9.17, 15) is 9.60 Å². The Morgan fingerprint density at radius 1 is 1.12 bits per heavy atom. The maximum atomic E-state index is 13.2. The molecule has 2 N–H and O–H groups in total. The van der Waals surface area contributed by atoms with Gasteiger partial charge in [-0.1, -0.05) is 47.1 Å².